The Morgan fingerprint density at radius 1 is 1.16 bits per heavy atom. The Labute approximate surface area is 219 Å². The van der Waals surface area contributed by atoms with Crippen molar-refractivity contribution >= 4 is 23.1 Å². The molecule has 4 N–H and O–H groups in total. The first-order valence-electron chi connectivity index (χ1n) is 14.1. The van der Waals surface area contributed by atoms with E-state index in [-0.39, 0.29) is 23.5 Å². The van der Waals surface area contributed by atoms with Crippen LogP contribution in [-0.4, -0.2) is 43.8 Å². The quantitative estimate of drug-likeness (QED) is 0.161. The number of aromatic nitrogens is 4. The van der Waals surface area contributed by atoms with Gasteiger partial charge < -0.3 is 20.1 Å². The van der Waals surface area contributed by atoms with Crippen molar-refractivity contribution in [3.05, 3.63) is 28.8 Å². The Bertz CT molecular complexity index is 1080. The van der Waals surface area contributed by atoms with Crippen LogP contribution in [0.3, 0.4) is 0 Å². The van der Waals surface area contributed by atoms with Crippen LogP contribution < -0.4 is 11.3 Å². The number of nitrogens with one attached hydrogen (secondary N) is 1. The molecule has 2 heterocycles. The first-order chi connectivity index (χ1) is 17.9. The van der Waals surface area contributed by atoms with Crippen molar-refractivity contribution in [3.63, 3.8) is 0 Å². The summed E-state index contributed by atoms with van der Waals surface area (Å²) in [4.78, 5) is 35.8. The number of carbonyl (C=O) groups excluding carboxylic acids is 1. The summed E-state index contributed by atoms with van der Waals surface area (Å²) in [5, 5.41) is 11.0. The highest BCUT2D eigenvalue weighted by Gasteiger charge is 2.45. The Morgan fingerprint density at radius 2 is 1.76 bits per heavy atom. The van der Waals surface area contributed by atoms with Gasteiger partial charge in [0.25, 0.3) is 5.56 Å². The molecular weight excluding hydrogens is 470 g/mol. The molecule has 0 aromatic carbocycles. The van der Waals surface area contributed by atoms with Crippen molar-refractivity contribution < 1.29 is 14.6 Å². The van der Waals surface area contributed by atoms with E-state index < -0.39 is 23.5 Å². The Balaban J connectivity index is 1.52. The second-order valence-corrected chi connectivity index (χ2v) is 10.5. The third-order valence-electron chi connectivity index (χ3n) is 7.83. The monoisotopic (exact) mass is 515 g/mol. The Kier molecular flexibility index (Phi) is 11.2. The van der Waals surface area contributed by atoms with Gasteiger partial charge in [0.15, 0.2) is 11.2 Å². The van der Waals surface area contributed by atoms with Gasteiger partial charge in [0.2, 0.25) is 5.95 Å². The van der Waals surface area contributed by atoms with Crippen molar-refractivity contribution in [1.29, 1.82) is 0 Å². The van der Waals surface area contributed by atoms with Gasteiger partial charge in [0.05, 0.1) is 31.5 Å². The molecule has 2 aromatic rings. The fourth-order valence-electron chi connectivity index (χ4n) is 5.79. The van der Waals surface area contributed by atoms with Crippen LogP contribution in [0.2, 0.25) is 0 Å². The molecule has 0 amide bonds. The van der Waals surface area contributed by atoms with E-state index in [1.807, 2.05) is 0 Å². The number of aromatic amines is 1. The number of nitrogen functional groups attached to an aromatic ring is 1. The van der Waals surface area contributed by atoms with Gasteiger partial charge in [-0.1, -0.05) is 90.6 Å². The predicted octanol–water partition coefficient (Wildman–Crippen LogP) is 5.06. The summed E-state index contributed by atoms with van der Waals surface area (Å²) in [6.07, 6.45) is 16.8. The van der Waals surface area contributed by atoms with Crippen LogP contribution in [0, 0.1) is 11.8 Å². The molecule has 0 aliphatic heterocycles. The average Bonchev–Trinajstić information content (AvgIpc) is 3.42. The topological polar surface area (TPSA) is 136 Å². The number of nitrogens with zero attached hydrogens (tertiary/aromatic N) is 3. The third kappa shape index (κ3) is 7.43. The zero-order valence-corrected chi connectivity index (χ0v) is 22.6. The van der Waals surface area contributed by atoms with Crippen LogP contribution in [0.4, 0.5) is 5.95 Å². The lowest BCUT2D eigenvalue weighted by Crippen LogP contribution is -2.31. The van der Waals surface area contributed by atoms with E-state index in [4.69, 9.17) is 10.5 Å². The number of aliphatic hydroxyl groups excluding tert-OH is 1. The fourth-order valence-corrected chi connectivity index (χ4v) is 5.79. The molecule has 9 heteroatoms. The van der Waals surface area contributed by atoms with Gasteiger partial charge in [0, 0.05) is 5.92 Å². The summed E-state index contributed by atoms with van der Waals surface area (Å²) in [6.45, 7) is 6.51. The Morgan fingerprint density at radius 3 is 2.35 bits per heavy atom. The van der Waals surface area contributed by atoms with Crippen molar-refractivity contribution in [1.82, 2.24) is 19.5 Å². The first kappa shape index (κ1) is 28.9. The van der Waals surface area contributed by atoms with E-state index in [2.05, 4.69) is 28.5 Å². The lowest BCUT2D eigenvalue weighted by atomic mass is 9.82. The lowest BCUT2D eigenvalue weighted by Gasteiger charge is -2.25. The first-order valence-corrected chi connectivity index (χ1v) is 14.1. The van der Waals surface area contributed by atoms with E-state index >= 15 is 0 Å². The van der Waals surface area contributed by atoms with Crippen LogP contribution in [0.25, 0.3) is 11.2 Å². The van der Waals surface area contributed by atoms with Gasteiger partial charge >= 0.3 is 5.97 Å². The highest BCUT2D eigenvalue weighted by atomic mass is 16.5. The highest BCUT2D eigenvalue weighted by molar-refractivity contribution is 5.74. The number of fused-ring (bicyclic) bond motifs is 1. The number of nitrogens with two attached hydrogens (primary N) is 1. The van der Waals surface area contributed by atoms with E-state index in [9.17, 15) is 14.7 Å². The van der Waals surface area contributed by atoms with Crippen molar-refractivity contribution in [2.75, 3.05) is 12.8 Å². The SMILES string of the molecule is C=C1[C@@H](C(CCCCCCCCCCCCCC)C(=O)OC)[C@@H](O)C[C@@H]1n1cnc2c(=O)[nH]c(N)nc21. The minimum Gasteiger partial charge on any atom is -0.469 e. The van der Waals surface area contributed by atoms with Gasteiger partial charge in [-0.3, -0.25) is 14.6 Å². The van der Waals surface area contributed by atoms with E-state index in [1.54, 1.807) is 4.57 Å². The molecule has 1 aliphatic rings. The molecule has 1 unspecified atom stereocenters. The molecule has 1 saturated carbocycles. The van der Waals surface area contributed by atoms with Crippen LogP contribution >= 0.6 is 0 Å². The van der Waals surface area contributed by atoms with Gasteiger partial charge in [-0.15, -0.1) is 0 Å². The number of hydrogen-bond acceptors (Lipinski definition) is 7. The molecule has 3 rings (SSSR count). The molecule has 0 saturated heterocycles. The Hall–Kier alpha value is -2.68. The van der Waals surface area contributed by atoms with Crippen molar-refractivity contribution in [2.45, 2.75) is 109 Å². The zero-order valence-electron chi connectivity index (χ0n) is 22.6. The molecule has 0 radical (unpaired) electrons. The van der Waals surface area contributed by atoms with Gasteiger partial charge in [-0.2, -0.15) is 4.98 Å². The van der Waals surface area contributed by atoms with E-state index in [1.165, 1.54) is 71.2 Å². The maximum absolute atomic E-state index is 12.7. The number of carbonyl (C=O) groups is 1. The molecule has 37 heavy (non-hydrogen) atoms. The number of rotatable bonds is 16. The number of aliphatic hydroxyl groups is 1. The molecular formula is C28H45N5O4. The number of methoxy groups -OCH3 is 1. The summed E-state index contributed by atoms with van der Waals surface area (Å²) >= 11 is 0. The number of ether oxygens (including phenoxy) is 1. The normalized spacial score (nSPS) is 20.5. The molecule has 1 aliphatic carbocycles. The van der Waals surface area contributed by atoms with Gasteiger partial charge in [-0.05, 0) is 18.4 Å². The largest absolute Gasteiger partial charge is 0.469 e. The molecule has 9 nitrogen and oxygen atoms in total. The minimum absolute atomic E-state index is 0.000585. The van der Waals surface area contributed by atoms with Crippen molar-refractivity contribution in [3.8, 4) is 0 Å². The summed E-state index contributed by atoms with van der Waals surface area (Å²) in [5.41, 5.74) is 6.57. The zero-order chi connectivity index (χ0) is 26.8. The molecule has 1 fully saturated rings. The molecule has 0 bridgehead atoms. The summed E-state index contributed by atoms with van der Waals surface area (Å²) < 4.78 is 6.85. The smallest absolute Gasteiger partial charge is 0.309 e. The summed E-state index contributed by atoms with van der Waals surface area (Å²) in [6, 6.07) is -0.340. The lowest BCUT2D eigenvalue weighted by molar-refractivity contribution is -0.148. The minimum atomic E-state index is -0.754. The van der Waals surface area contributed by atoms with Gasteiger partial charge in [0.1, 0.15) is 0 Å². The second kappa shape index (κ2) is 14.3. The third-order valence-corrected chi connectivity index (χ3v) is 7.83. The molecule has 4 atom stereocenters. The highest BCUT2D eigenvalue weighted by Crippen LogP contribution is 2.45. The second-order valence-electron chi connectivity index (χ2n) is 10.5. The summed E-state index contributed by atoms with van der Waals surface area (Å²) in [7, 11) is 1.39. The van der Waals surface area contributed by atoms with Crippen LogP contribution in [0.5, 0.6) is 0 Å². The average molecular weight is 516 g/mol. The molecule has 0 spiro atoms. The standard InChI is InChI=1S/C28H45N5O4/c1-4-5-6-7-8-9-10-11-12-13-14-15-16-20(27(36)37-3)23-19(2)21(17-22(23)34)33-18-30-24-25(33)31-28(29)32-26(24)35/h18,20-23,34H,2,4-17H2,1,3H3,(H3,29,31,32,35)/t20?,21-,22-,23-/m0/s1. The van der Waals surface area contributed by atoms with E-state index in [0.717, 1.165) is 24.8 Å². The fraction of sp³-hybridized carbons (Fsp3) is 0.714. The maximum Gasteiger partial charge on any atom is 0.309 e. The van der Waals surface area contributed by atoms with Gasteiger partial charge in [-0.25, -0.2) is 4.98 Å². The number of esters is 1. The number of anilines is 1. The van der Waals surface area contributed by atoms with Crippen LogP contribution in [0.1, 0.15) is 103 Å². The van der Waals surface area contributed by atoms with E-state index in [0.29, 0.717) is 18.5 Å². The number of H-pyrrole nitrogens is 1. The number of hydrogen-bond donors (Lipinski definition) is 3. The number of imidazole rings is 1. The van der Waals surface area contributed by atoms with Crippen LogP contribution in [0.15, 0.2) is 23.3 Å². The maximum atomic E-state index is 12.7. The summed E-state index contributed by atoms with van der Waals surface area (Å²) in [5.74, 6) is -1.21. The molecule has 2 aromatic heterocycles. The number of unbranched alkanes of at least 4 members (excludes halogenated alkanes) is 11. The van der Waals surface area contributed by atoms with Crippen LogP contribution in [-0.2, 0) is 9.53 Å². The predicted molar refractivity (Wildman–Crippen MR) is 146 cm³/mol. The molecule has 206 valence electrons. The van der Waals surface area contributed by atoms with Crippen molar-refractivity contribution in [2.24, 2.45) is 11.8 Å².